The molecule has 1 aromatic heterocycles. The smallest absolute Gasteiger partial charge is 0.123 e. The lowest BCUT2D eigenvalue weighted by molar-refractivity contribution is 0.0119. The highest BCUT2D eigenvalue weighted by molar-refractivity contribution is 5.33. The van der Waals surface area contributed by atoms with Gasteiger partial charge in [-0.1, -0.05) is 24.3 Å². The van der Waals surface area contributed by atoms with Gasteiger partial charge in [0.1, 0.15) is 5.75 Å². The highest BCUT2D eigenvalue weighted by atomic mass is 16.5. The second kappa shape index (κ2) is 11.8. The van der Waals surface area contributed by atoms with Gasteiger partial charge in [-0.25, -0.2) is 0 Å². The highest BCUT2D eigenvalue weighted by Gasteiger charge is 2.32. The maximum Gasteiger partial charge on any atom is 0.123 e. The summed E-state index contributed by atoms with van der Waals surface area (Å²) < 4.78 is 5.85. The van der Waals surface area contributed by atoms with Crippen molar-refractivity contribution < 1.29 is 9.84 Å². The number of benzene rings is 1. The second-order valence-electron chi connectivity index (χ2n) is 9.00. The van der Waals surface area contributed by atoms with Gasteiger partial charge in [0.25, 0.3) is 0 Å². The number of likely N-dealkylation sites (tertiary alicyclic amines) is 1. The minimum Gasteiger partial charge on any atom is -0.494 e. The van der Waals surface area contributed by atoms with Gasteiger partial charge in [-0.3, -0.25) is 19.7 Å². The fraction of sp³-hybridized carbons (Fsp3) is 0.577. The van der Waals surface area contributed by atoms with Crippen molar-refractivity contribution in [3.63, 3.8) is 0 Å². The molecule has 1 aromatic carbocycles. The molecular weight excluding hydrogens is 400 g/mol. The average Bonchev–Trinajstić information content (AvgIpc) is 2.83. The van der Waals surface area contributed by atoms with Crippen LogP contribution in [0.25, 0.3) is 0 Å². The van der Waals surface area contributed by atoms with Crippen LogP contribution in [-0.2, 0) is 13.1 Å². The Bertz CT molecular complexity index is 810. The molecule has 174 valence electrons. The Labute approximate surface area is 192 Å². The first kappa shape index (κ1) is 23.2. The number of pyridine rings is 1. The third kappa shape index (κ3) is 6.07. The molecule has 2 fully saturated rings. The number of hydrogen-bond donors (Lipinski definition) is 1. The van der Waals surface area contributed by atoms with E-state index < -0.39 is 0 Å². The predicted molar refractivity (Wildman–Crippen MR) is 128 cm³/mol. The largest absolute Gasteiger partial charge is 0.494 e. The number of aliphatic hydroxyl groups excluding tert-OH is 1. The zero-order chi connectivity index (χ0) is 22.2. The molecular formula is C26H38N4O2. The van der Waals surface area contributed by atoms with E-state index in [9.17, 15) is 5.11 Å². The molecule has 2 aromatic rings. The number of rotatable bonds is 9. The number of hydrogen-bond acceptors (Lipinski definition) is 6. The number of aliphatic hydroxyl groups is 1. The molecule has 3 heterocycles. The number of ether oxygens (including phenoxy) is 1. The number of piperazine rings is 1. The van der Waals surface area contributed by atoms with Gasteiger partial charge in [0, 0.05) is 76.3 Å². The maximum atomic E-state index is 9.73. The van der Waals surface area contributed by atoms with Gasteiger partial charge in [-0.15, -0.1) is 0 Å². The van der Waals surface area contributed by atoms with Crippen LogP contribution in [0.1, 0.15) is 37.4 Å². The number of para-hydroxylation sites is 1. The topological polar surface area (TPSA) is 52.1 Å². The van der Waals surface area contributed by atoms with Crippen LogP contribution in [0.2, 0.25) is 0 Å². The Morgan fingerprint density at radius 2 is 1.81 bits per heavy atom. The summed E-state index contributed by atoms with van der Waals surface area (Å²) in [6, 6.07) is 15.6. The average molecular weight is 439 g/mol. The summed E-state index contributed by atoms with van der Waals surface area (Å²) in [5.41, 5.74) is 2.41. The van der Waals surface area contributed by atoms with E-state index in [0.29, 0.717) is 18.7 Å². The van der Waals surface area contributed by atoms with Gasteiger partial charge in [0.15, 0.2) is 0 Å². The highest BCUT2D eigenvalue weighted by Crippen LogP contribution is 2.26. The molecule has 0 radical (unpaired) electrons. The summed E-state index contributed by atoms with van der Waals surface area (Å²) >= 11 is 0. The van der Waals surface area contributed by atoms with Gasteiger partial charge in [-0.05, 0) is 44.4 Å². The zero-order valence-corrected chi connectivity index (χ0v) is 19.4. The van der Waals surface area contributed by atoms with Crippen LogP contribution < -0.4 is 4.74 Å². The predicted octanol–water partition coefficient (Wildman–Crippen LogP) is 3.01. The van der Waals surface area contributed by atoms with Crippen LogP contribution in [0, 0.1) is 0 Å². The molecule has 0 spiro atoms. The van der Waals surface area contributed by atoms with E-state index in [2.05, 4.69) is 50.0 Å². The fourth-order valence-corrected chi connectivity index (χ4v) is 5.19. The van der Waals surface area contributed by atoms with Gasteiger partial charge in [0.2, 0.25) is 0 Å². The van der Waals surface area contributed by atoms with E-state index in [4.69, 9.17) is 4.74 Å². The normalized spacial score (nSPS) is 21.6. The Balaban J connectivity index is 1.31. The Morgan fingerprint density at radius 3 is 2.56 bits per heavy atom. The van der Waals surface area contributed by atoms with E-state index >= 15 is 0 Å². The van der Waals surface area contributed by atoms with Crippen LogP contribution in [-0.4, -0.2) is 82.8 Å². The van der Waals surface area contributed by atoms with Gasteiger partial charge in [0.05, 0.1) is 12.3 Å². The van der Waals surface area contributed by atoms with Crippen molar-refractivity contribution in [2.75, 3.05) is 45.9 Å². The summed E-state index contributed by atoms with van der Waals surface area (Å²) in [5, 5.41) is 9.73. The van der Waals surface area contributed by atoms with Crippen LogP contribution in [0.15, 0.2) is 48.7 Å². The zero-order valence-electron chi connectivity index (χ0n) is 19.4. The number of aromatic nitrogens is 1. The van der Waals surface area contributed by atoms with Crippen molar-refractivity contribution in [1.29, 1.82) is 0 Å². The van der Waals surface area contributed by atoms with Crippen molar-refractivity contribution in [2.24, 2.45) is 0 Å². The maximum absolute atomic E-state index is 9.73. The summed E-state index contributed by atoms with van der Waals surface area (Å²) in [6.45, 7) is 10.2. The molecule has 2 aliphatic heterocycles. The quantitative estimate of drug-likeness (QED) is 0.650. The SMILES string of the molecule is CCOc1ccccc1CN1CCN(C2CCN(Cc3ccccn3)CC2)C[C@@H]1CCO. The van der Waals surface area contributed by atoms with E-state index in [0.717, 1.165) is 63.7 Å². The Kier molecular flexibility index (Phi) is 8.51. The molecule has 0 amide bonds. The first-order valence-electron chi connectivity index (χ1n) is 12.2. The molecule has 0 aliphatic carbocycles. The van der Waals surface area contributed by atoms with E-state index in [1.54, 1.807) is 0 Å². The summed E-state index contributed by atoms with van der Waals surface area (Å²) in [5.74, 6) is 0.987. The lowest BCUT2D eigenvalue weighted by atomic mass is 9.99. The molecule has 32 heavy (non-hydrogen) atoms. The van der Waals surface area contributed by atoms with Crippen LogP contribution in [0.5, 0.6) is 5.75 Å². The molecule has 1 N–H and O–H groups in total. The van der Waals surface area contributed by atoms with Crippen molar-refractivity contribution >= 4 is 0 Å². The standard InChI is InChI=1S/C26H38N4O2/c1-2-32-26-9-4-3-7-22(26)19-29-16-17-30(21-25(29)12-18-31)24-10-14-28(15-11-24)20-23-8-5-6-13-27-23/h3-9,13,24-25,31H,2,10-12,14-21H2,1H3/t25-/m0/s1. The molecule has 6 nitrogen and oxygen atoms in total. The molecule has 2 saturated heterocycles. The van der Waals surface area contributed by atoms with Crippen molar-refractivity contribution in [3.05, 3.63) is 59.9 Å². The van der Waals surface area contributed by atoms with Crippen molar-refractivity contribution in [2.45, 2.75) is 51.4 Å². The van der Waals surface area contributed by atoms with Crippen molar-refractivity contribution in [3.8, 4) is 5.75 Å². The number of nitrogens with zero attached hydrogens (tertiary/aromatic N) is 4. The summed E-state index contributed by atoms with van der Waals surface area (Å²) in [4.78, 5) is 12.2. The van der Waals surface area contributed by atoms with Crippen LogP contribution in [0.4, 0.5) is 0 Å². The third-order valence-electron chi connectivity index (χ3n) is 6.93. The van der Waals surface area contributed by atoms with Crippen LogP contribution >= 0.6 is 0 Å². The van der Waals surface area contributed by atoms with E-state index in [1.807, 2.05) is 25.3 Å². The summed E-state index contributed by atoms with van der Waals surface area (Å²) in [6.07, 6.45) is 5.14. The van der Waals surface area contributed by atoms with Gasteiger partial charge in [-0.2, -0.15) is 0 Å². The lowest BCUT2D eigenvalue weighted by Gasteiger charge is -2.46. The van der Waals surface area contributed by atoms with E-state index in [1.165, 1.54) is 18.4 Å². The van der Waals surface area contributed by atoms with Crippen LogP contribution in [0.3, 0.4) is 0 Å². The number of piperidine rings is 1. The monoisotopic (exact) mass is 438 g/mol. The first-order valence-corrected chi connectivity index (χ1v) is 12.2. The Morgan fingerprint density at radius 1 is 1.00 bits per heavy atom. The molecule has 0 saturated carbocycles. The molecule has 2 aliphatic rings. The molecule has 4 rings (SSSR count). The summed E-state index contributed by atoms with van der Waals surface area (Å²) in [7, 11) is 0. The van der Waals surface area contributed by atoms with Crippen molar-refractivity contribution in [1.82, 2.24) is 19.7 Å². The Hall–Kier alpha value is -1.99. The first-order chi connectivity index (χ1) is 15.8. The van der Waals surface area contributed by atoms with E-state index in [-0.39, 0.29) is 6.61 Å². The molecule has 0 unspecified atom stereocenters. The third-order valence-corrected chi connectivity index (χ3v) is 6.93. The molecule has 1 atom stereocenters. The van der Waals surface area contributed by atoms with Gasteiger partial charge < -0.3 is 9.84 Å². The second-order valence-corrected chi connectivity index (χ2v) is 9.00. The fourth-order valence-electron chi connectivity index (χ4n) is 5.19. The lowest BCUT2D eigenvalue weighted by Crippen LogP contribution is -2.57. The minimum absolute atomic E-state index is 0.241. The molecule has 0 bridgehead atoms. The minimum atomic E-state index is 0.241. The van der Waals surface area contributed by atoms with Gasteiger partial charge >= 0.3 is 0 Å². The molecule has 6 heteroatoms.